The van der Waals surface area contributed by atoms with Crippen molar-refractivity contribution in [3.63, 3.8) is 0 Å². The molecule has 2 rings (SSSR count). The van der Waals surface area contributed by atoms with Gasteiger partial charge in [0, 0.05) is 6.54 Å². The zero-order chi connectivity index (χ0) is 9.26. The first-order valence-electron chi connectivity index (χ1n) is 4.45. The summed E-state index contributed by atoms with van der Waals surface area (Å²) in [5.41, 5.74) is 2.18. The summed E-state index contributed by atoms with van der Waals surface area (Å²) in [6.45, 7) is 0.951. The second-order valence-electron chi connectivity index (χ2n) is 3.18. The van der Waals surface area contributed by atoms with Gasteiger partial charge in [0.05, 0.1) is 12.8 Å². The molecule has 3 nitrogen and oxygen atoms in total. The molecule has 0 amide bonds. The van der Waals surface area contributed by atoms with Gasteiger partial charge in [0.1, 0.15) is 0 Å². The maximum Gasteiger partial charge on any atom is 0.183 e. The van der Waals surface area contributed by atoms with Gasteiger partial charge in [0.2, 0.25) is 0 Å². The third-order valence-electron chi connectivity index (χ3n) is 2.35. The van der Waals surface area contributed by atoms with Crippen LogP contribution in [0.4, 0.5) is 5.69 Å². The molecule has 0 aliphatic carbocycles. The number of hydrogen-bond donors (Lipinski definition) is 2. The average molecular weight is 179 g/mol. The first-order valence-corrected chi connectivity index (χ1v) is 4.45. The number of rotatable bonds is 1. The van der Waals surface area contributed by atoms with E-state index in [1.165, 1.54) is 5.56 Å². The normalized spacial score (nSPS) is 14.5. The van der Waals surface area contributed by atoms with E-state index in [0.717, 1.165) is 25.1 Å². The molecule has 1 aliphatic heterocycles. The number of aromatic hydroxyl groups is 1. The number of hydrogen-bond acceptors (Lipinski definition) is 3. The van der Waals surface area contributed by atoms with Gasteiger partial charge < -0.3 is 15.2 Å². The minimum absolute atomic E-state index is 0.204. The fourth-order valence-corrected chi connectivity index (χ4v) is 1.71. The van der Waals surface area contributed by atoms with E-state index in [2.05, 4.69) is 5.32 Å². The predicted octanol–water partition coefficient (Wildman–Crippen LogP) is 1.76. The van der Waals surface area contributed by atoms with Crippen LogP contribution in [0, 0.1) is 0 Å². The lowest BCUT2D eigenvalue weighted by Gasteiger charge is -2.20. The van der Waals surface area contributed by atoms with Crippen LogP contribution in [0.25, 0.3) is 0 Å². The topological polar surface area (TPSA) is 41.5 Å². The third-order valence-corrected chi connectivity index (χ3v) is 2.35. The fourth-order valence-electron chi connectivity index (χ4n) is 1.71. The smallest absolute Gasteiger partial charge is 0.183 e. The zero-order valence-corrected chi connectivity index (χ0v) is 7.63. The molecule has 13 heavy (non-hydrogen) atoms. The van der Waals surface area contributed by atoms with E-state index in [9.17, 15) is 5.11 Å². The molecule has 0 radical (unpaired) electrons. The summed E-state index contributed by atoms with van der Waals surface area (Å²) in [5.74, 6) is 0.771. The molecule has 0 spiro atoms. The van der Waals surface area contributed by atoms with Crippen molar-refractivity contribution in [2.75, 3.05) is 19.0 Å². The molecule has 0 saturated heterocycles. The molecule has 0 aromatic heterocycles. The van der Waals surface area contributed by atoms with Crippen LogP contribution in [0.2, 0.25) is 0 Å². The molecule has 3 heteroatoms. The standard InChI is InChI=1S/C10H13NO2/c1-13-10-8(12)5-4-7-3-2-6-11-9(7)10/h4-5,11-12H,2-3,6H2,1H3. The predicted molar refractivity (Wildman–Crippen MR) is 51.5 cm³/mol. The van der Waals surface area contributed by atoms with Crippen molar-refractivity contribution in [2.45, 2.75) is 12.8 Å². The van der Waals surface area contributed by atoms with Crippen LogP contribution in [0.5, 0.6) is 11.5 Å². The summed E-state index contributed by atoms with van der Waals surface area (Å²) in [4.78, 5) is 0. The summed E-state index contributed by atoms with van der Waals surface area (Å²) < 4.78 is 5.13. The Bertz CT molecular complexity index is 323. The molecule has 1 aromatic rings. The van der Waals surface area contributed by atoms with Gasteiger partial charge in [-0.1, -0.05) is 6.07 Å². The molecule has 0 bridgehead atoms. The number of nitrogens with one attached hydrogen (secondary N) is 1. The lowest BCUT2D eigenvalue weighted by atomic mass is 10.0. The molecule has 70 valence electrons. The summed E-state index contributed by atoms with van der Waals surface area (Å²) in [6, 6.07) is 3.63. The Labute approximate surface area is 77.3 Å². The quantitative estimate of drug-likeness (QED) is 0.690. The second-order valence-corrected chi connectivity index (χ2v) is 3.18. The fraction of sp³-hybridized carbons (Fsp3) is 0.400. The Balaban J connectivity index is 2.52. The van der Waals surface area contributed by atoms with E-state index in [0.29, 0.717) is 5.75 Å². The van der Waals surface area contributed by atoms with E-state index in [4.69, 9.17) is 4.74 Å². The van der Waals surface area contributed by atoms with Crippen molar-refractivity contribution in [1.82, 2.24) is 0 Å². The molecule has 2 N–H and O–H groups in total. The molecular formula is C10H13NO2. The average Bonchev–Trinajstić information content (AvgIpc) is 2.18. The van der Waals surface area contributed by atoms with Crippen LogP contribution in [0.3, 0.4) is 0 Å². The van der Waals surface area contributed by atoms with Gasteiger partial charge >= 0.3 is 0 Å². The summed E-state index contributed by atoms with van der Waals surface area (Å²) in [5, 5.41) is 12.7. The van der Waals surface area contributed by atoms with Crippen LogP contribution in [-0.4, -0.2) is 18.8 Å². The Kier molecular flexibility index (Phi) is 2.00. The number of anilines is 1. The highest BCUT2D eigenvalue weighted by atomic mass is 16.5. The first-order chi connectivity index (χ1) is 6.33. The van der Waals surface area contributed by atoms with Crippen molar-refractivity contribution < 1.29 is 9.84 Å². The lowest BCUT2D eigenvalue weighted by Crippen LogP contribution is -2.12. The minimum atomic E-state index is 0.204. The van der Waals surface area contributed by atoms with Gasteiger partial charge in [-0.15, -0.1) is 0 Å². The second kappa shape index (κ2) is 3.17. The molecule has 0 atom stereocenters. The highest BCUT2D eigenvalue weighted by molar-refractivity contribution is 5.68. The van der Waals surface area contributed by atoms with E-state index in [-0.39, 0.29) is 5.75 Å². The number of phenols is 1. The van der Waals surface area contributed by atoms with Crippen LogP contribution < -0.4 is 10.1 Å². The molecule has 1 heterocycles. The molecule has 1 aliphatic rings. The van der Waals surface area contributed by atoms with Crippen LogP contribution in [0.1, 0.15) is 12.0 Å². The van der Waals surface area contributed by atoms with Crippen molar-refractivity contribution in [3.05, 3.63) is 17.7 Å². The highest BCUT2D eigenvalue weighted by Crippen LogP contribution is 2.38. The Hall–Kier alpha value is -1.38. The van der Waals surface area contributed by atoms with Gasteiger partial charge in [-0.3, -0.25) is 0 Å². The zero-order valence-electron chi connectivity index (χ0n) is 7.63. The van der Waals surface area contributed by atoms with Crippen LogP contribution in [0.15, 0.2) is 12.1 Å². The van der Waals surface area contributed by atoms with E-state index in [1.54, 1.807) is 13.2 Å². The number of benzene rings is 1. The van der Waals surface area contributed by atoms with Crippen LogP contribution in [-0.2, 0) is 6.42 Å². The maximum atomic E-state index is 9.50. The lowest BCUT2D eigenvalue weighted by molar-refractivity contribution is 0.374. The molecule has 0 fully saturated rings. The summed E-state index contributed by atoms with van der Waals surface area (Å²) in [7, 11) is 1.58. The Morgan fingerprint density at radius 1 is 1.46 bits per heavy atom. The number of ether oxygens (including phenoxy) is 1. The molecular weight excluding hydrogens is 166 g/mol. The van der Waals surface area contributed by atoms with Crippen molar-refractivity contribution in [1.29, 1.82) is 0 Å². The number of phenolic OH excluding ortho intramolecular Hbond substituents is 1. The summed E-state index contributed by atoms with van der Waals surface area (Å²) in [6.07, 6.45) is 2.19. The minimum Gasteiger partial charge on any atom is -0.504 e. The van der Waals surface area contributed by atoms with Gasteiger partial charge in [-0.05, 0) is 24.5 Å². The van der Waals surface area contributed by atoms with Gasteiger partial charge in [-0.25, -0.2) is 0 Å². The SMILES string of the molecule is COc1c(O)ccc2c1NCCC2. The van der Waals surface area contributed by atoms with Gasteiger partial charge in [0.25, 0.3) is 0 Å². The third kappa shape index (κ3) is 1.30. The molecule has 0 unspecified atom stereocenters. The number of methoxy groups -OCH3 is 1. The number of fused-ring (bicyclic) bond motifs is 1. The highest BCUT2D eigenvalue weighted by Gasteiger charge is 2.15. The molecule has 0 saturated carbocycles. The van der Waals surface area contributed by atoms with E-state index >= 15 is 0 Å². The van der Waals surface area contributed by atoms with Crippen molar-refractivity contribution in [2.24, 2.45) is 0 Å². The molecule has 1 aromatic carbocycles. The Morgan fingerprint density at radius 3 is 3.08 bits per heavy atom. The van der Waals surface area contributed by atoms with Crippen molar-refractivity contribution >= 4 is 5.69 Å². The Morgan fingerprint density at radius 2 is 2.31 bits per heavy atom. The monoisotopic (exact) mass is 179 g/mol. The summed E-state index contributed by atoms with van der Waals surface area (Å²) >= 11 is 0. The first kappa shape index (κ1) is 8.23. The maximum absolute atomic E-state index is 9.50. The van der Waals surface area contributed by atoms with Gasteiger partial charge in [0.15, 0.2) is 11.5 Å². The van der Waals surface area contributed by atoms with E-state index < -0.39 is 0 Å². The number of aryl methyl sites for hydroxylation is 1. The van der Waals surface area contributed by atoms with Crippen molar-refractivity contribution in [3.8, 4) is 11.5 Å². The van der Waals surface area contributed by atoms with E-state index in [1.807, 2.05) is 6.07 Å². The van der Waals surface area contributed by atoms with Crippen LogP contribution >= 0.6 is 0 Å². The van der Waals surface area contributed by atoms with Gasteiger partial charge in [-0.2, -0.15) is 0 Å². The largest absolute Gasteiger partial charge is 0.504 e.